The van der Waals surface area contributed by atoms with E-state index in [2.05, 4.69) is 34.1 Å². The van der Waals surface area contributed by atoms with Crippen LogP contribution in [0.3, 0.4) is 0 Å². The third kappa shape index (κ3) is 2.66. The van der Waals surface area contributed by atoms with Crippen molar-refractivity contribution in [3.8, 4) is 0 Å². The van der Waals surface area contributed by atoms with E-state index < -0.39 is 5.97 Å². The molecular weight excluding hydrogens is 252 g/mol. The van der Waals surface area contributed by atoms with E-state index in [0.29, 0.717) is 6.04 Å². The van der Waals surface area contributed by atoms with Gasteiger partial charge in [0.15, 0.2) is 0 Å². The summed E-state index contributed by atoms with van der Waals surface area (Å²) in [5.74, 6) is -0.645. The molecule has 1 N–H and O–H groups in total. The second-order valence-corrected chi connectivity index (χ2v) is 5.79. The molecule has 1 unspecified atom stereocenters. The van der Waals surface area contributed by atoms with Gasteiger partial charge < -0.3 is 10.0 Å². The first-order valence-corrected chi connectivity index (χ1v) is 7.54. The average Bonchev–Trinajstić information content (AvgIpc) is 2.98. The summed E-state index contributed by atoms with van der Waals surface area (Å²) >= 11 is 0. The van der Waals surface area contributed by atoms with Crippen LogP contribution in [-0.2, 0) is 4.79 Å². The molecule has 4 nitrogen and oxygen atoms in total. The summed E-state index contributed by atoms with van der Waals surface area (Å²) in [7, 11) is 0. The number of likely N-dealkylation sites (tertiary alicyclic amines) is 1. The summed E-state index contributed by atoms with van der Waals surface area (Å²) in [5, 5.41) is 9.29. The molecule has 0 aliphatic carbocycles. The fraction of sp³-hybridized carbons (Fsp3) is 0.562. The Morgan fingerprint density at radius 3 is 2.40 bits per heavy atom. The molecule has 2 heterocycles. The van der Waals surface area contributed by atoms with E-state index in [1.807, 2.05) is 6.07 Å². The van der Waals surface area contributed by atoms with Crippen LogP contribution in [0.5, 0.6) is 0 Å². The number of anilines is 1. The SMILES string of the molecule is O=C(O)C1CCCN1C1CCN(c2ccccc2)CC1. The molecule has 2 aliphatic rings. The number of benzene rings is 1. The molecule has 1 aromatic carbocycles. The molecule has 0 aromatic heterocycles. The second-order valence-electron chi connectivity index (χ2n) is 5.79. The van der Waals surface area contributed by atoms with Crippen molar-refractivity contribution in [1.29, 1.82) is 0 Å². The smallest absolute Gasteiger partial charge is 0.320 e. The first-order valence-electron chi connectivity index (χ1n) is 7.54. The summed E-state index contributed by atoms with van der Waals surface area (Å²) in [6.45, 7) is 3.00. The topological polar surface area (TPSA) is 43.8 Å². The summed E-state index contributed by atoms with van der Waals surface area (Å²) in [6.07, 6.45) is 3.97. The fourth-order valence-electron chi connectivity index (χ4n) is 3.59. The van der Waals surface area contributed by atoms with Gasteiger partial charge in [-0.1, -0.05) is 18.2 Å². The van der Waals surface area contributed by atoms with Crippen LogP contribution in [0.1, 0.15) is 25.7 Å². The first-order chi connectivity index (χ1) is 9.75. The van der Waals surface area contributed by atoms with Crippen LogP contribution in [0.4, 0.5) is 5.69 Å². The Morgan fingerprint density at radius 1 is 1.05 bits per heavy atom. The highest BCUT2D eigenvalue weighted by molar-refractivity contribution is 5.73. The van der Waals surface area contributed by atoms with E-state index in [4.69, 9.17) is 0 Å². The van der Waals surface area contributed by atoms with E-state index in [-0.39, 0.29) is 6.04 Å². The molecule has 0 saturated carbocycles. The maximum absolute atomic E-state index is 11.3. The van der Waals surface area contributed by atoms with Crippen LogP contribution in [0.25, 0.3) is 0 Å². The van der Waals surface area contributed by atoms with Gasteiger partial charge in [0.1, 0.15) is 6.04 Å². The van der Waals surface area contributed by atoms with Crippen molar-refractivity contribution in [3.63, 3.8) is 0 Å². The van der Waals surface area contributed by atoms with Gasteiger partial charge in [0.25, 0.3) is 0 Å². The highest BCUT2D eigenvalue weighted by atomic mass is 16.4. The molecule has 108 valence electrons. The highest BCUT2D eigenvalue weighted by Crippen LogP contribution is 2.28. The van der Waals surface area contributed by atoms with Crippen LogP contribution >= 0.6 is 0 Å². The molecule has 2 fully saturated rings. The predicted molar refractivity (Wildman–Crippen MR) is 79.0 cm³/mol. The molecule has 2 saturated heterocycles. The van der Waals surface area contributed by atoms with Crippen LogP contribution in [0.15, 0.2) is 30.3 Å². The molecule has 0 spiro atoms. The summed E-state index contributed by atoms with van der Waals surface area (Å²) < 4.78 is 0. The molecular formula is C16H22N2O2. The minimum atomic E-state index is -0.645. The van der Waals surface area contributed by atoms with Crippen molar-refractivity contribution in [1.82, 2.24) is 4.90 Å². The van der Waals surface area contributed by atoms with Crippen LogP contribution in [-0.4, -0.2) is 47.7 Å². The number of para-hydroxylation sites is 1. The van der Waals surface area contributed by atoms with Crippen molar-refractivity contribution in [2.75, 3.05) is 24.5 Å². The average molecular weight is 274 g/mol. The van der Waals surface area contributed by atoms with Gasteiger partial charge in [0.05, 0.1) is 0 Å². The number of nitrogens with zero attached hydrogens (tertiary/aromatic N) is 2. The Bertz CT molecular complexity index is 455. The first kappa shape index (κ1) is 13.4. The zero-order valence-corrected chi connectivity index (χ0v) is 11.7. The third-order valence-corrected chi connectivity index (χ3v) is 4.63. The fourth-order valence-corrected chi connectivity index (χ4v) is 3.59. The number of rotatable bonds is 3. The van der Waals surface area contributed by atoms with Gasteiger partial charge in [0.2, 0.25) is 0 Å². The van der Waals surface area contributed by atoms with Crippen molar-refractivity contribution < 1.29 is 9.90 Å². The second kappa shape index (κ2) is 5.83. The number of carboxylic acids is 1. The maximum atomic E-state index is 11.3. The van der Waals surface area contributed by atoms with Crippen LogP contribution in [0.2, 0.25) is 0 Å². The zero-order valence-electron chi connectivity index (χ0n) is 11.7. The molecule has 0 bridgehead atoms. The minimum Gasteiger partial charge on any atom is -0.480 e. The summed E-state index contributed by atoms with van der Waals surface area (Å²) in [6, 6.07) is 10.7. The molecule has 2 aliphatic heterocycles. The zero-order chi connectivity index (χ0) is 13.9. The predicted octanol–water partition coefficient (Wildman–Crippen LogP) is 2.20. The molecule has 3 rings (SSSR count). The Labute approximate surface area is 120 Å². The highest BCUT2D eigenvalue weighted by Gasteiger charge is 2.36. The van der Waals surface area contributed by atoms with Crippen molar-refractivity contribution in [2.24, 2.45) is 0 Å². The quantitative estimate of drug-likeness (QED) is 0.917. The molecule has 1 aromatic rings. The molecule has 20 heavy (non-hydrogen) atoms. The summed E-state index contributed by atoms with van der Waals surface area (Å²) in [4.78, 5) is 15.9. The van der Waals surface area contributed by atoms with E-state index >= 15 is 0 Å². The van der Waals surface area contributed by atoms with Crippen molar-refractivity contribution >= 4 is 11.7 Å². The number of hydrogen-bond acceptors (Lipinski definition) is 3. The van der Waals surface area contributed by atoms with E-state index in [0.717, 1.165) is 45.3 Å². The Kier molecular flexibility index (Phi) is 3.92. The molecule has 0 radical (unpaired) electrons. The normalized spacial score (nSPS) is 25.0. The van der Waals surface area contributed by atoms with Gasteiger partial charge in [-0.2, -0.15) is 0 Å². The number of aliphatic carboxylic acids is 1. The summed E-state index contributed by atoms with van der Waals surface area (Å²) in [5.41, 5.74) is 1.28. The van der Waals surface area contributed by atoms with Crippen molar-refractivity contribution in [3.05, 3.63) is 30.3 Å². The number of carbonyl (C=O) groups is 1. The standard InChI is InChI=1S/C16H22N2O2/c19-16(20)15-7-4-10-18(15)14-8-11-17(12-9-14)13-5-2-1-3-6-13/h1-3,5-6,14-15H,4,7-12H2,(H,19,20). The lowest BCUT2D eigenvalue weighted by atomic mass is 10.0. The van der Waals surface area contributed by atoms with Crippen molar-refractivity contribution in [2.45, 2.75) is 37.8 Å². The largest absolute Gasteiger partial charge is 0.480 e. The number of hydrogen-bond donors (Lipinski definition) is 1. The lowest BCUT2D eigenvalue weighted by Gasteiger charge is -2.39. The van der Waals surface area contributed by atoms with Gasteiger partial charge in [-0.3, -0.25) is 9.69 Å². The maximum Gasteiger partial charge on any atom is 0.320 e. The number of piperidine rings is 1. The van der Waals surface area contributed by atoms with E-state index in [1.54, 1.807) is 0 Å². The van der Waals surface area contributed by atoms with Crippen LogP contribution < -0.4 is 4.90 Å². The number of carboxylic acid groups (broad SMARTS) is 1. The van der Waals surface area contributed by atoms with Gasteiger partial charge in [-0.25, -0.2) is 0 Å². The van der Waals surface area contributed by atoms with Gasteiger partial charge in [0, 0.05) is 24.8 Å². The van der Waals surface area contributed by atoms with Gasteiger partial charge >= 0.3 is 5.97 Å². The molecule has 4 heteroatoms. The molecule has 1 atom stereocenters. The van der Waals surface area contributed by atoms with Gasteiger partial charge in [-0.05, 0) is 44.4 Å². The van der Waals surface area contributed by atoms with Gasteiger partial charge in [-0.15, -0.1) is 0 Å². The minimum absolute atomic E-state index is 0.247. The van der Waals surface area contributed by atoms with E-state index in [9.17, 15) is 9.90 Å². The Balaban J connectivity index is 1.60. The van der Waals surface area contributed by atoms with Crippen LogP contribution in [0, 0.1) is 0 Å². The molecule has 0 amide bonds. The lowest BCUT2D eigenvalue weighted by Crippen LogP contribution is -2.48. The third-order valence-electron chi connectivity index (χ3n) is 4.63. The Hall–Kier alpha value is -1.55. The lowest BCUT2D eigenvalue weighted by molar-refractivity contribution is -0.143. The Morgan fingerprint density at radius 2 is 1.75 bits per heavy atom. The monoisotopic (exact) mass is 274 g/mol. The van der Waals surface area contributed by atoms with E-state index in [1.165, 1.54) is 5.69 Å².